The lowest BCUT2D eigenvalue weighted by molar-refractivity contribution is -0.143. The van der Waals surface area contributed by atoms with Crippen molar-refractivity contribution in [3.05, 3.63) is 47.6 Å². The summed E-state index contributed by atoms with van der Waals surface area (Å²) in [6, 6.07) is 4.36. The standard InChI is InChI=1S/C21H24N2O5/c1-4-28-18-12-14(8-9-17(18)27-3)16(11-13(2)24)23-19(25)15-7-5-6-10-21(15,22)20(23)26/h5-9,12,16H,4,10-11,22H2,1-3H3. The number of hydrogen-bond acceptors (Lipinski definition) is 6. The molecule has 0 saturated carbocycles. The maximum absolute atomic E-state index is 13.1. The van der Waals surface area contributed by atoms with Crippen molar-refractivity contribution >= 4 is 17.6 Å². The number of likely N-dealkylation sites (tertiary alicyclic amines) is 1. The maximum atomic E-state index is 13.1. The zero-order valence-electron chi connectivity index (χ0n) is 16.2. The monoisotopic (exact) mass is 384 g/mol. The van der Waals surface area contributed by atoms with Gasteiger partial charge in [-0.15, -0.1) is 0 Å². The second kappa shape index (κ2) is 7.59. The molecule has 1 aromatic carbocycles. The summed E-state index contributed by atoms with van der Waals surface area (Å²) in [5, 5.41) is 0. The van der Waals surface area contributed by atoms with E-state index in [2.05, 4.69) is 0 Å². The van der Waals surface area contributed by atoms with Crippen LogP contribution in [0.15, 0.2) is 42.0 Å². The molecular weight excluding hydrogens is 360 g/mol. The number of allylic oxidation sites excluding steroid dienone is 2. The number of Topliss-reactive ketones (excluding diaryl/α,β-unsaturated/α-hetero) is 1. The van der Waals surface area contributed by atoms with E-state index in [1.807, 2.05) is 6.92 Å². The molecule has 148 valence electrons. The Morgan fingerprint density at radius 3 is 2.68 bits per heavy atom. The molecule has 3 rings (SSSR count). The smallest absolute Gasteiger partial charge is 0.259 e. The fourth-order valence-corrected chi connectivity index (χ4v) is 3.66. The van der Waals surface area contributed by atoms with Crippen molar-refractivity contribution in [2.75, 3.05) is 13.7 Å². The predicted molar refractivity (Wildman–Crippen MR) is 103 cm³/mol. The summed E-state index contributed by atoms with van der Waals surface area (Å²) in [7, 11) is 1.53. The molecule has 2 atom stereocenters. The highest BCUT2D eigenvalue weighted by atomic mass is 16.5. The summed E-state index contributed by atoms with van der Waals surface area (Å²) in [4.78, 5) is 39.3. The molecule has 7 heteroatoms. The van der Waals surface area contributed by atoms with Gasteiger partial charge in [-0.25, -0.2) is 0 Å². The molecule has 1 aromatic rings. The van der Waals surface area contributed by atoms with Gasteiger partial charge in [-0.2, -0.15) is 0 Å². The second-order valence-electron chi connectivity index (χ2n) is 6.93. The number of benzene rings is 1. The van der Waals surface area contributed by atoms with Gasteiger partial charge in [-0.1, -0.05) is 24.3 Å². The number of imide groups is 1. The van der Waals surface area contributed by atoms with Crippen molar-refractivity contribution in [3.8, 4) is 11.5 Å². The van der Waals surface area contributed by atoms with Crippen molar-refractivity contribution < 1.29 is 23.9 Å². The van der Waals surface area contributed by atoms with Crippen LogP contribution in [-0.2, 0) is 14.4 Å². The van der Waals surface area contributed by atoms with Crippen LogP contribution < -0.4 is 15.2 Å². The molecule has 0 spiro atoms. The Balaban J connectivity index is 2.07. The predicted octanol–water partition coefficient (Wildman–Crippen LogP) is 2.07. The lowest BCUT2D eigenvalue weighted by atomic mass is 9.86. The molecule has 7 nitrogen and oxygen atoms in total. The average Bonchev–Trinajstić information content (AvgIpc) is 2.86. The first kappa shape index (κ1) is 19.8. The van der Waals surface area contributed by atoms with Crippen molar-refractivity contribution in [2.24, 2.45) is 5.73 Å². The number of nitrogens with zero attached hydrogens (tertiary/aromatic N) is 1. The van der Waals surface area contributed by atoms with Crippen LogP contribution in [0.25, 0.3) is 0 Å². The van der Waals surface area contributed by atoms with Gasteiger partial charge in [0.25, 0.3) is 11.8 Å². The normalized spacial score (nSPS) is 22.0. The lowest BCUT2D eigenvalue weighted by Crippen LogP contribution is -2.49. The Morgan fingerprint density at radius 2 is 2.07 bits per heavy atom. The average molecular weight is 384 g/mol. The highest BCUT2D eigenvalue weighted by Gasteiger charge is 2.55. The number of carbonyl (C=O) groups excluding carboxylic acids is 3. The zero-order chi connectivity index (χ0) is 20.5. The molecule has 1 aliphatic carbocycles. The molecule has 0 bridgehead atoms. The number of ether oxygens (including phenoxy) is 2. The first-order valence-corrected chi connectivity index (χ1v) is 9.17. The van der Waals surface area contributed by atoms with E-state index in [4.69, 9.17) is 15.2 Å². The topological polar surface area (TPSA) is 98.9 Å². The van der Waals surface area contributed by atoms with Crippen LogP contribution in [0.1, 0.15) is 38.3 Å². The van der Waals surface area contributed by atoms with Gasteiger partial charge in [0, 0.05) is 12.0 Å². The minimum absolute atomic E-state index is 0.00778. The van der Waals surface area contributed by atoms with Gasteiger partial charge in [-0.05, 0) is 38.0 Å². The van der Waals surface area contributed by atoms with E-state index in [0.717, 1.165) is 4.90 Å². The van der Waals surface area contributed by atoms with E-state index < -0.39 is 23.4 Å². The fraction of sp³-hybridized carbons (Fsp3) is 0.381. The fourth-order valence-electron chi connectivity index (χ4n) is 3.66. The van der Waals surface area contributed by atoms with E-state index in [1.165, 1.54) is 14.0 Å². The lowest BCUT2D eigenvalue weighted by Gasteiger charge is -2.28. The Kier molecular flexibility index (Phi) is 5.38. The third-order valence-electron chi connectivity index (χ3n) is 5.03. The zero-order valence-corrected chi connectivity index (χ0v) is 16.2. The van der Waals surface area contributed by atoms with E-state index in [0.29, 0.717) is 23.7 Å². The minimum atomic E-state index is -1.38. The van der Waals surface area contributed by atoms with Crippen LogP contribution in [0.5, 0.6) is 11.5 Å². The molecule has 1 fully saturated rings. The summed E-state index contributed by atoms with van der Waals surface area (Å²) in [5.41, 5.74) is 5.78. The van der Waals surface area contributed by atoms with Crippen LogP contribution in [0.2, 0.25) is 0 Å². The number of hydrogen-bond donors (Lipinski definition) is 1. The number of amides is 2. The minimum Gasteiger partial charge on any atom is -0.493 e. The van der Waals surface area contributed by atoms with Gasteiger partial charge in [-0.3, -0.25) is 19.3 Å². The molecule has 2 aliphatic rings. The third-order valence-corrected chi connectivity index (χ3v) is 5.03. The molecule has 0 aromatic heterocycles. The number of ketones is 1. The SMILES string of the molecule is CCOc1cc(C(CC(C)=O)N2C(=O)C3=CC=CCC3(N)C2=O)ccc1OC. The van der Waals surface area contributed by atoms with Crippen LogP contribution in [0.3, 0.4) is 0 Å². The number of methoxy groups -OCH3 is 1. The number of carbonyl (C=O) groups is 3. The Bertz CT molecular complexity index is 889. The van der Waals surface area contributed by atoms with Crippen molar-refractivity contribution in [3.63, 3.8) is 0 Å². The molecule has 0 radical (unpaired) electrons. The Hall–Kier alpha value is -2.93. The molecular formula is C21H24N2O5. The summed E-state index contributed by atoms with van der Waals surface area (Å²) >= 11 is 0. The number of nitrogens with two attached hydrogens (primary N) is 1. The van der Waals surface area contributed by atoms with Crippen molar-refractivity contribution in [1.82, 2.24) is 4.90 Å². The largest absolute Gasteiger partial charge is 0.493 e. The molecule has 2 unspecified atom stereocenters. The molecule has 28 heavy (non-hydrogen) atoms. The molecule has 1 heterocycles. The van der Waals surface area contributed by atoms with Gasteiger partial charge in [0.05, 0.1) is 19.8 Å². The molecule has 1 saturated heterocycles. The van der Waals surface area contributed by atoms with Crippen LogP contribution in [-0.4, -0.2) is 41.8 Å². The van der Waals surface area contributed by atoms with Crippen LogP contribution in [0, 0.1) is 0 Å². The van der Waals surface area contributed by atoms with Crippen molar-refractivity contribution in [2.45, 2.75) is 38.3 Å². The van der Waals surface area contributed by atoms with Crippen LogP contribution in [0.4, 0.5) is 0 Å². The van der Waals surface area contributed by atoms with Crippen molar-refractivity contribution in [1.29, 1.82) is 0 Å². The van der Waals surface area contributed by atoms with Gasteiger partial charge < -0.3 is 15.2 Å². The summed E-state index contributed by atoms with van der Waals surface area (Å²) < 4.78 is 10.9. The molecule has 2 amide bonds. The number of rotatable bonds is 7. The van der Waals surface area contributed by atoms with E-state index in [9.17, 15) is 14.4 Å². The van der Waals surface area contributed by atoms with Gasteiger partial charge >= 0.3 is 0 Å². The Labute approximate surface area is 163 Å². The van der Waals surface area contributed by atoms with E-state index in [1.54, 1.807) is 36.4 Å². The molecule has 2 N–H and O–H groups in total. The van der Waals surface area contributed by atoms with E-state index >= 15 is 0 Å². The maximum Gasteiger partial charge on any atom is 0.259 e. The Morgan fingerprint density at radius 1 is 1.32 bits per heavy atom. The van der Waals surface area contributed by atoms with Gasteiger partial charge in [0.1, 0.15) is 11.3 Å². The van der Waals surface area contributed by atoms with Gasteiger partial charge in [0.2, 0.25) is 0 Å². The summed E-state index contributed by atoms with van der Waals surface area (Å²) in [6.07, 6.45) is 5.30. The quantitative estimate of drug-likeness (QED) is 0.723. The first-order valence-electron chi connectivity index (χ1n) is 9.17. The number of fused-ring (bicyclic) bond motifs is 1. The third kappa shape index (κ3) is 3.22. The van der Waals surface area contributed by atoms with Gasteiger partial charge in [0.15, 0.2) is 11.5 Å². The summed E-state index contributed by atoms with van der Waals surface area (Å²) in [6.45, 7) is 3.69. The highest BCUT2D eigenvalue weighted by Crippen LogP contribution is 2.41. The highest BCUT2D eigenvalue weighted by molar-refractivity contribution is 6.20. The van der Waals surface area contributed by atoms with Crippen LogP contribution >= 0.6 is 0 Å². The first-order chi connectivity index (χ1) is 13.3. The summed E-state index contributed by atoms with van der Waals surface area (Å²) in [5.74, 6) is -0.0875. The van der Waals surface area contributed by atoms with E-state index in [-0.39, 0.29) is 24.2 Å². The molecule has 1 aliphatic heterocycles. The second-order valence-corrected chi connectivity index (χ2v) is 6.93.